The predicted molar refractivity (Wildman–Crippen MR) is 98.4 cm³/mol. The number of anilines is 1. The fourth-order valence-electron chi connectivity index (χ4n) is 3.14. The van der Waals surface area contributed by atoms with Gasteiger partial charge in [-0.15, -0.1) is 12.4 Å². The van der Waals surface area contributed by atoms with E-state index >= 15 is 0 Å². The third kappa shape index (κ3) is 3.92. The zero-order valence-corrected chi connectivity index (χ0v) is 16.3. The number of halogens is 1. The molecule has 1 aromatic rings. The summed E-state index contributed by atoms with van der Waals surface area (Å²) in [6.45, 7) is 13.0. The van der Waals surface area contributed by atoms with Crippen molar-refractivity contribution in [1.82, 2.24) is 10.2 Å². The Morgan fingerprint density at radius 2 is 2.12 bits per heavy atom. The molecule has 4 N–H and O–H groups in total. The number of nitrogens with one attached hydrogen (secondary N) is 2. The van der Waals surface area contributed by atoms with Crippen LogP contribution >= 0.6 is 12.4 Å². The molecule has 0 saturated heterocycles. The summed E-state index contributed by atoms with van der Waals surface area (Å²) in [5.41, 5.74) is 6.19. The first kappa shape index (κ1) is 20.9. The molecule has 0 aromatic carbocycles. The van der Waals surface area contributed by atoms with Crippen molar-refractivity contribution in [1.29, 1.82) is 0 Å². The number of nitrogens with zero attached hydrogens (tertiary/aromatic N) is 1. The number of hydrogen-bond donors (Lipinski definition) is 3. The number of hydrogen-bond acceptors (Lipinski definition) is 4. The maximum atomic E-state index is 12.6. The van der Waals surface area contributed by atoms with E-state index < -0.39 is 11.0 Å². The summed E-state index contributed by atoms with van der Waals surface area (Å²) >= 11 is 0. The van der Waals surface area contributed by atoms with Gasteiger partial charge >= 0.3 is 0 Å². The summed E-state index contributed by atoms with van der Waals surface area (Å²) in [6.07, 6.45) is 1.40. The second-order valence-corrected chi connectivity index (χ2v) is 8.31. The van der Waals surface area contributed by atoms with Crippen LogP contribution < -0.4 is 11.1 Å². The van der Waals surface area contributed by atoms with Gasteiger partial charge < -0.3 is 15.8 Å². The first-order valence-electron chi connectivity index (χ1n) is 8.26. The molecule has 0 spiro atoms. The lowest BCUT2D eigenvalue weighted by molar-refractivity contribution is -0.166. The molecule has 0 aliphatic heterocycles. The van der Waals surface area contributed by atoms with Crippen molar-refractivity contribution in [3.63, 3.8) is 0 Å². The lowest BCUT2D eigenvalue weighted by Crippen LogP contribution is -2.74. The molecule has 0 bridgehead atoms. The van der Waals surface area contributed by atoms with E-state index in [1.165, 1.54) is 0 Å². The number of H-pyrrole nitrogens is 1. The van der Waals surface area contributed by atoms with Gasteiger partial charge in [-0.1, -0.05) is 34.6 Å². The maximum absolute atomic E-state index is 12.6. The van der Waals surface area contributed by atoms with Gasteiger partial charge in [-0.2, -0.15) is 5.10 Å². The van der Waals surface area contributed by atoms with Crippen LogP contribution in [-0.2, 0) is 16.0 Å². The van der Waals surface area contributed by atoms with Crippen LogP contribution in [-0.4, -0.2) is 34.4 Å². The SMILES string of the molecule is CCOC1CC(N)(C(=O)Nc2cc(CC(C)(C)C)[nH]n2)C1(C)C.Cl. The summed E-state index contributed by atoms with van der Waals surface area (Å²) in [7, 11) is 0. The molecule has 1 aliphatic rings. The van der Waals surface area contributed by atoms with E-state index in [4.69, 9.17) is 10.5 Å². The quantitative estimate of drug-likeness (QED) is 0.754. The minimum Gasteiger partial charge on any atom is -0.378 e. The number of carbonyl (C=O) groups is 1. The Balaban J connectivity index is 0.00000288. The largest absolute Gasteiger partial charge is 0.378 e. The molecule has 1 heterocycles. The monoisotopic (exact) mass is 358 g/mol. The molecule has 2 unspecified atom stereocenters. The van der Waals surface area contributed by atoms with Crippen LogP contribution in [0, 0.1) is 10.8 Å². The third-order valence-electron chi connectivity index (χ3n) is 4.83. The fourth-order valence-corrected chi connectivity index (χ4v) is 3.14. The van der Waals surface area contributed by atoms with Crippen molar-refractivity contribution >= 4 is 24.1 Å². The Morgan fingerprint density at radius 3 is 2.62 bits per heavy atom. The Bertz CT molecular complexity index is 579. The predicted octanol–water partition coefficient (Wildman–Crippen LogP) is 2.89. The van der Waals surface area contributed by atoms with Crippen molar-refractivity contribution in [3.05, 3.63) is 11.8 Å². The van der Waals surface area contributed by atoms with E-state index in [9.17, 15) is 4.79 Å². The number of aromatic amines is 1. The topological polar surface area (TPSA) is 93.0 Å². The molecule has 24 heavy (non-hydrogen) atoms. The maximum Gasteiger partial charge on any atom is 0.246 e. The first-order valence-corrected chi connectivity index (χ1v) is 8.26. The average molecular weight is 359 g/mol. The first-order chi connectivity index (χ1) is 10.5. The molecule has 1 aromatic heterocycles. The number of aromatic nitrogens is 2. The molecular formula is C17H31ClN4O2. The van der Waals surface area contributed by atoms with E-state index in [1.54, 1.807) is 0 Å². The van der Waals surface area contributed by atoms with Gasteiger partial charge in [0.1, 0.15) is 5.54 Å². The lowest BCUT2D eigenvalue weighted by Gasteiger charge is -2.57. The minimum atomic E-state index is -0.935. The van der Waals surface area contributed by atoms with Crippen LogP contribution in [0.2, 0.25) is 0 Å². The fraction of sp³-hybridized carbons (Fsp3) is 0.765. The summed E-state index contributed by atoms with van der Waals surface area (Å²) < 4.78 is 5.67. The summed E-state index contributed by atoms with van der Waals surface area (Å²) in [4.78, 5) is 12.6. The summed E-state index contributed by atoms with van der Waals surface area (Å²) in [6, 6.07) is 1.87. The highest BCUT2D eigenvalue weighted by Gasteiger charge is 2.62. The molecule has 1 fully saturated rings. The number of nitrogens with two attached hydrogens (primary N) is 1. The van der Waals surface area contributed by atoms with Crippen LogP contribution in [0.4, 0.5) is 5.82 Å². The Hall–Kier alpha value is -1.11. The molecule has 138 valence electrons. The van der Waals surface area contributed by atoms with Crippen LogP contribution in [0.1, 0.15) is 53.7 Å². The van der Waals surface area contributed by atoms with E-state index in [2.05, 4.69) is 36.3 Å². The molecule has 2 atom stereocenters. The van der Waals surface area contributed by atoms with Gasteiger partial charge in [-0.05, 0) is 18.8 Å². The smallest absolute Gasteiger partial charge is 0.246 e. The van der Waals surface area contributed by atoms with Crippen molar-refractivity contribution in [3.8, 4) is 0 Å². The third-order valence-corrected chi connectivity index (χ3v) is 4.83. The van der Waals surface area contributed by atoms with E-state index in [1.807, 2.05) is 26.8 Å². The molecule has 6 nitrogen and oxygen atoms in total. The highest BCUT2D eigenvalue weighted by Crippen LogP contribution is 2.50. The molecule has 1 amide bonds. The number of carbonyl (C=O) groups excluding carboxylic acids is 1. The van der Waals surface area contributed by atoms with Gasteiger partial charge in [0.25, 0.3) is 0 Å². The Morgan fingerprint density at radius 1 is 1.50 bits per heavy atom. The Labute approximate surface area is 150 Å². The van der Waals surface area contributed by atoms with E-state index in [0.29, 0.717) is 18.8 Å². The second kappa shape index (κ2) is 7.02. The van der Waals surface area contributed by atoms with Gasteiger partial charge in [0.15, 0.2) is 5.82 Å². The van der Waals surface area contributed by atoms with Gasteiger partial charge in [0, 0.05) is 30.2 Å². The molecule has 0 radical (unpaired) electrons. The standard InChI is InChI=1S/C17H30N4O2.ClH/c1-7-23-12-10-17(18,16(12,5)6)14(22)19-13-8-11(20-21-13)9-15(2,3)4;/h8,12H,7,9-10,18H2,1-6H3,(H2,19,20,21,22);1H. The van der Waals surface area contributed by atoms with Crippen LogP contribution in [0.3, 0.4) is 0 Å². The molecule has 7 heteroatoms. The minimum absolute atomic E-state index is 0. The average Bonchev–Trinajstić information content (AvgIpc) is 2.83. The molecule has 2 rings (SSSR count). The zero-order chi connectivity index (χ0) is 17.5. The van der Waals surface area contributed by atoms with Crippen LogP contribution in [0.25, 0.3) is 0 Å². The van der Waals surface area contributed by atoms with Crippen molar-refractivity contribution < 1.29 is 9.53 Å². The zero-order valence-electron chi connectivity index (χ0n) is 15.5. The lowest BCUT2D eigenvalue weighted by atomic mass is 9.54. The van der Waals surface area contributed by atoms with Crippen molar-refractivity contribution in [2.24, 2.45) is 16.6 Å². The van der Waals surface area contributed by atoms with Crippen LogP contribution in [0.5, 0.6) is 0 Å². The normalized spacial score (nSPS) is 25.5. The highest BCUT2D eigenvalue weighted by molar-refractivity contribution is 5.99. The highest BCUT2D eigenvalue weighted by atomic mass is 35.5. The summed E-state index contributed by atoms with van der Waals surface area (Å²) in [5, 5.41) is 9.99. The molecular weight excluding hydrogens is 328 g/mol. The number of ether oxygens (including phenoxy) is 1. The van der Waals surface area contributed by atoms with Crippen LogP contribution in [0.15, 0.2) is 6.07 Å². The van der Waals surface area contributed by atoms with Gasteiger partial charge in [-0.3, -0.25) is 9.89 Å². The molecule has 1 saturated carbocycles. The molecule has 1 aliphatic carbocycles. The van der Waals surface area contributed by atoms with E-state index in [0.717, 1.165) is 12.1 Å². The number of amides is 1. The number of rotatable bonds is 5. The second-order valence-electron chi connectivity index (χ2n) is 8.31. The summed E-state index contributed by atoms with van der Waals surface area (Å²) in [5.74, 6) is 0.321. The van der Waals surface area contributed by atoms with Gasteiger partial charge in [0.05, 0.1) is 6.10 Å². The van der Waals surface area contributed by atoms with E-state index in [-0.39, 0.29) is 29.8 Å². The van der Waals surface area contributed by atoms with Crippen molar-refractivity contribution in [2.45, 2.75) is 66.0 Å². The van der Waals surface area contributed by atoms with Gasteiger partial charge in [0.2, 0.25) is 5.91 Å². The van der Waals surface area contributed by atoms with Crippen molar-refractivity contribution in [2.75, 3.05) is 11.9 Å². The van der Waals surface area contributed by atoms with Gasteiger partial charge in [-0.25, -0.2) is 0 Å². The Kier molecular flexibility index (Phi) is 6.12.